The van der Waals surface area contributed by atoms with Gasteiger partial charge in [0, 0.05) is 12.3 Å². The van der Waals surface area contributed by atoms with Gasteiger partial charge in [0.15, 0.2) is 6.29 Å². The minimum absolute atomic E-state index is 0.246. The van der Waals surface area contributed by atoms with E-state index in [2.05, 4.69) is 6.58 Å². The zero-order chi connectivity index (χ0) is 8.27. The zero-order valence-corrected chi connectivity index (χ0v) is 5.86. The van der Waals surface area contributed by atoms with Crippen LogP contribution in [0.25, 0.3) is 6.20 Å². The molecule has 0 saturated heterocycles. The second-order valence-corrected chi connectivity index (χ2v) is 1.96. The molecule has 0 spiro atoms. The second kappa shape index (κ2) is 2.96. The monoisotopic (exact) mass is 149 g/mol. The van der Waals surface area contributed by atoms with Gasteiger partial charge in [-0.3, -0.25) is 14.2 Å². The highest BCUT2D eigenvalue weighted by Gasteiger charge is 1.95. The van der Waals surface area contributed by atoms with Crippen LogP contribution in [0.1, 0.15) is 10.5 Å². The molecule has 0 amide bonds. The molecule has 0 aliphatic rings. The van der Waals surface area contributed by atoms with Gasteiger partial charge in [-0.2, -0.15) is 0 Å². The molecule has 56 valence electrons. The Bertz CT molecular complexity index is 338. The van der Waals surface area contributed by atoms with Crippen LogP contribution >= 0.6 is 0 Å². The maximum absolute atomic E-state index is 11.0. The van der Waals surface area contributed by atoms with Crippen LogP contribution < -0.4 is 5.56 Å². The molecule has 0 unspecified atom stereocenters. The molecule has 1 aromatic heterocycles. The summed E-state index contributed by atoms with van der Waals surface area (Å²) in [5, 5.41) is 0. The molecular formula is C8H7NO2. The number of aldehydes is 1. The highest BCUT2D eigenvalue weighted by atomic mass is 16.1. The highest BCUT2D eigenvalue weighted by Crippen LogP contribution is 1.90. The van der Waals surface area contributed by atoms with Crippen molar-refractivity contribution >= 4 is 12.5 Å². The van der Waals surface area contributed by atoms with Crippen molar-refractivity contribution in [2.75, 3.05) is 0 Å². The Morgan fingerprint density at radius 2 is 2.18 bits per heavy atom. The molecule has 0 aliphatic heterocycles. The molecule has 0 radical (unpaired) electrons. The number of nitrogens with zero attached hydrogens (tertiary/aromatic N) is 1. The zero-order valence-electron chi connectivity index (χ0n) is 5.86. The van der Waals surface area contributed by atoms with Gasteiger partial charge in [0.25, 0.3) is 5.56 Å². The third kappa shape index (κ3) is 1.26. The Hall–Kier alpha value is -1.64. The van der Waals surface area contributed by atoms with Crippen molar-refractivity contribution in [3.63, 3.8) is 0 Å². The first-order valence-corrected chi connectivity index (χ1v) is 3.09. The number of carbonyl (C=O) groups excluding carboxylic acids is 1. The molecular weight excluding hydrogens is 142 g/mol. The Morgan fingerprint density at radius 3 is 2.64 bits per heavy atom. The molecule has 1 rings (SSSR count). The van der Waals surface area contributed by atoms with Crippen molar-refractivity contribution in [3.05, 3.63) is 40.8 Å². The largest absolute Gasteiger partial charge is 0.296 e. The number of pyridine rings is 1. The van der Waals surface area contributed by atoms with Crippen molar-refractivity contribution in [1.29, 1.82) is 0 Å². The normalized spacial score (nSPS) is 9.09. The summed E-state index contributed by atoms with van der Waals surface area (Å²) in [6.45, 7) is 3.40. The van der Waals surface area contributed by atoms with Crippen molar-refractivity contribution in [2.45, 2.75) is 0 Å². The Balaban J connectivity index is 3.47. The smallest absolute Gasteiger partial charge is 0.255 e. The predicted octanol–water partition coefficient (Wildman–Crippen LogP) is 0.761. The summed E-state index contributed by atoms with van der Waals surface area (Å²) in [4.78, 5) is 21.3. The van der Waals surface area contributed by atoms with Crippen LogP contribution in [0.2, 0.25) is 0 Å². The minimum Gasteiger partial charge on any atom is -0.296 e. The second-order valence-electron chi connectivity index (χ2n) is 1.96. The van der Waals surface area contributed by atoms with E-state index in [0.717, 1.165) is 0 Å². The van der Waals surface area contributed by atoms with E-state index in [9.17, 15) is 9.59 Å². The van der Waals surface area contributed by atoms with Gasteiger partial charge in [-0.15, -0.1) is 0 Å². The van der Waals surface area contributed by atoms with Crippen LogP contribution in [-0.2, 0) is 0 Å². The summed E-state index contributed by atoms with van der Waals surface area (Å²) < 4.78 is 1.19. The van der Waals surface area contributed by atoms with Gasteiger partial charge in [-0.05, 0) is 6.07 Å². The lowest BCUT2D eigenvalue weighted by Crippen LogP contribution is -2.16. The first-order chi connectivity index (χ1) is 5.29. The first kappa shape index (κ1) is 7.47. The summed E-state index contributed by atoms with van der Waals surface area (Å²) in [6.07, 6.45) is 1.93. The first-order valence-electron chi connectivity index (χ1n) is 3.09. The topological polar surface area (TPSA) is 39.1 Å². The lowest BCUT2D eigenvalue weighted by Gasteiger charge is -1.98. The molecule has 0 aromatic carbocycles. The van der Waals surface area contributed by atoms with Crippen molar-refractivity contribution in [2.24, 2.45) is 0 Å². The van der Waals surface area contributed by atoms with Crippen LogP contribution in [0.4, 0.5) is 0 Å². The van der Waals surface area contributed by atoms with Gasteiger partial charge in [0.1, 0.15) is 0 Å². The molecule has 0 aliphatic carbocycles. The number of aromatic nitrogens is 1. The summed E-state index contributed by atoms with van der Waals surface area (Å²) in [5.74, 6) is 0. The third-order valence-corrected chi connectivity index (χ3v) is 1.32. The van der Waals surface area contributed by atoms with Gasteiger partial charge in [0.2, 0.25) is 0 Å². The number of hydrogen-bond donors (Lipinski definition) is 0. The quantitative estimate of drug-likeness (QED) is 0.582. The van der Waals surface area contributed by atoms with Crippen LogP contribution in [-0.4, -0.2) is 10.9 Å². The molecule has 11 heavy (non-hydrogen) atoms. The van der Waals surface area contributed by atoms with Crippen LogP contribution in [0.15, 0.2) is 29.6 Å². The molecule has 0 saturated carbocycles. The lowest BCUT2D eigenvalue weighted by molar-refractivity contribution is 0.111. The van der Waals surface area contributed by atoms with E-state index >= 15 is 0 Å². The Labute approximate surface area is 63.6 Å². The number of rotatable bonds is 2. The molecule has 0 atom stereocenters. The fourth-order valence-electron chi connectivity index (χ4n) is 0.808. The van der Waals surface area contributed by atoms with Gasteiger partial charge in [-0.25, -0.2) is 0 Å². The molecule has 0 fully saturated rings. The van der Waals surface area contributed by atoms with E-state index < -0.39 is 0 Å². The fraction of sp³-hybridized carbons (Fsp3) is 0. The van der Waals surface area contributed by atoms with E-state index in [1.165, 1.54) is 22.9 Å². The van der Waals surface area contributed by atoms with E-state index in [4.69, 9.17) is 0 Å². The van der Waals surface area contributed by atoms with E-state index in [1.807, 2.05) is 0 Å². The molecule has 0 bridgehead atoms. The summed E-state index contributed by atoms with van der Waals surface area (Å²) >= 11 is 0. The molecule has 3 nitrogen and oxygen atoms in total. The van der Waals surface area contributed by atoms with Gasteiger partial charge in [0.05, 0.1) is 5.69 Å². The molecule has 0 N–H and O–H groups in total. The maximum atomic E-state index is 11.0. The standard InChI is InChI=1S/C8H7NO2/c1-2-9-7(6-10)4-3-5-8(9)11/h2-6H,1H2. The van der Waals surface area contributed by atoms with Gasteiger partial charge < -0.3 is 0 Å². The average Bonchev–Trinajstić information content (AvgIpc) is 2.04. The van der Waals surface area contributed by atoms with E-state index in [-0.39, 0.29) is 5.56 Å². The summed E-state index contributed by atoms with van der Waals surface area (Å²) in [7, 11) is 0. The number of carbonyl (C=O) groups is 1. The SMILES string of the molecule is C=Cn1c(C=O)cccc1=O. The maximum Gasteiger partial charge on any atom is 0.255 e. The lowest BCUT2D eigenvalue weighted by atomic mass is 10.3. The van der Waals surface area contributed by atoms with Crippen molar-refractivity contribution in [3.8, 4) is 0 Å². The van der Waals surface area contributed by atoms with Gasteiger partial charge >= 0.3 is 0 Å². The minimum atomic E-state index is -0.246. The summed E-state index contributed by atoms with van der Waals surface area (Å²) in [5.41, 5.74) is 0.0668. The summed E-state index contributed by atoms with van der Waals surface area (Å²) in [6, 6.07) is 4.46. The Morgan fingerprint density at radius 1 is 1.45 bits per heavy atom. The fourth-order valence-corrected chi connectivity index (χ4v) is 0.808. The molecule has 1 heterocycles. The third-order valence-electron chi connectivity index (χ3n) is 1.32. The van der Waals surface area contributed by atoms with Gasteiger partial charge in [-0.1, -0.05) is 12.6 Å². The van der Waals surface area contributed by atoms with Crippen molar-refractivity contribution < 1.29 is 4.79 Å². The number of hydrogen-bond acceptors (Lipinski definition) is 2. The molecule has 3 heteroatoms. The Kier molecular flexibility index (Phi) is 2.01. The molecule has 1 aromatic rings. The highest BCUT2D eigenvalue weighted by molar-refractivity contribution is 5.73. The van der Waals surface area contributed by atoms with Crippen LogP contribution in [0.3, 0.4) is 0 Å². The van der Waals surface area contributed by atoms with Crippen molar-refractivity contribution in [1.82, 2.24) is 4.57 Å². The average molecular weight is 149 g/mol. The van der Waals surface area contributed by atoms with Crippen LogP contribution in [0, 0.1) is 0 Å². The predicted molar refractivity (Wildman–Crippen MR) is 42.5 cm³/mol. The van der Waals surface area contributed by atoms with Crippen LogP contribution in [0.5, 0.6) is 0 Å². The van der Waals surface area contributed by atoms with E-state index in [1.54, 1.807) is 6.07 Å². The van der Waals surface area contributed by atoms with E-state index in [0.29, 0.717) is 12.0 Å².